The molecule has 0 saturated carbocycles. The Morgan fingerprint density at radius 3 is 2.60 bits per heavy atom. The molecule has 2 nitrogen and oxygen atoms in total. The van der Waals surface area contributed by atoms with Crippen molar-refractivity contribution in [1.29, 1.82) is 0 Å². The monoisotopic (exact) mass is 373 g/mol. The van der Waals surface area contributed by atoms with Crippen LogP contribution in [0.4, 0.5) is 0 Å². The van der Waals surface area contributed by atoms with Gasteiger partial charge in [0.05, 0.1) is 11.6 Å². The molecule has 0 spiro atoms. The summed E-state index contributed by atoms with van der Waals surface area (Å²) in [7, 11) is 0. The van der Waals surface area contributed by atoms with Gasteiger partial charge >= 0.3 is 0 Å². The molecule has 1 atom stereocenters. The smallest absolute Gasteiger partial charge is 0.135 e. The minimum Gasteiger partial charge on any atom is -0.460 e. The normalized spacial score (nSPS) is 12.3. The lowest BCUT2D eigenvalue weighted by Crippen LogP contribution is -2.25. The van der Waals surface area contributed by atoms with Crippen molar-refractivity contribution in [3.05, 3.63) is 82.0 Å². The van der Waals surface area contributed by atoms with Crippen LogP contribution in [0.3, 0.4) is 0 Å². The van der Waals surface area contributed by atoms with E-state index in [0.717, 1.165) is 29.9 Å². The molecule has 0 aliphatic carbocycles. The summed E-state index contributed by atoms with van der Waals surface area (Å²) < 4.78 is 5.91. The molecule has 0 fully saturated rings. The van der Waals surface area contributed by atoms with E-state index in [9.17, 15) is 0 Å². The average Bonchev–Trinajstić information content (AvgIpc) is 3.10. The number of nitrogens with one attached hydrogen (secondary N) is 1. The quantitative estimate of drug-likeness (QED) is 0.520. The Hall–Kier alpha value is -1.74. The molecule has 1 N–H and O–H groups in total. The van der Waals surface area contributed by atoms with Gasteiger partial charge in [-0.05, 0) is 55.7 Å². The number of benzene rings is 2. The molecule has 4 heteroatoms. The van der Waals surface area contributed by atoms with Crippen molar-refractivity contribution in [2.45, 2.75) is 32.4 Å². The second-order valence-corrected chi connectivity index (χ2v) is 7.04. The highest BCUT2D eigenvalue weighted by molar-refractivity contribution is 6.35. The standard InChI is InChI=1S/C21H21Cl2NO/c1-15(7-8-16-5-3-2-4-6-16)24-14-18-10-12-21(25-18)19-13-17(22)9-11-20(19)23/h2-6,9-13,15,24H,7-8,14H2,1H3. The Balaban J connectivity index is 1.54. The van der Waals surface area contributed by atoms with Gasteiger partial charge in [0, 0.05) is 16.6 Å². The molecular formula is C21H21Cl2NO. The minimum absolute atomic E-state index is 0.406. The number of halogens is 2. The number of rotatable bonds is 7. The zero-order valence-corrected chi connectivity index (χ0v) is 15.6. The van der Waals surface area contributed by atoms with Crippen molar-refractivity contribution < 1.29 is 4.42 Å². The molecule has 0 aliphatic heterocycles. The van der Waals surface area contributed by atoms with Crippen LogP contribution < -0.4 is 5.32 Å². The summed E-state index contributed by atoms with van der Waals surface area (Å²) in [5.74, 6) is 1.62. The molecule has 130 valence electrons. The predicted octanol–water partition coefficient (Wildman–Crippen LogP) is 6.36. The highest BCUT2D eigenvalue weighted by atomic mass is 35.5. The van der Waals surface area contributed by atoms with Gasteiger partial charge in [-0.15, -0.1) is 0 Å². The van der Waals surface area contributed by atoms with Crippen LogP contribution >= 0.6 is 23.2 Å². The molecule has 0 amide bonds. The van der Waals surface area contributed by atoms with Gasteiger partial charge in [0.1, 0.15) is 11.5 Å². The van der Waals surface area contributed by atoms with Crippen molar-refractivity contribution in [3.63, 3.8) is 0 Å². The first-order valence-corrected chi connectivity index (χ1v) is 9.19. The molecule has 0 saturated heterocycles. The first kappa shape index (κ1) is 18.1. The van der Waals surface area contributed by atoms with E-state index in [0.29, 0.717) is 22.6 Å². The first-order valence-electron chi connectivity index (χ1n) is 8.43. The summed E-state index contributed by atoms with van der Waals surface area (Å²) in [6.07, 6.45) is 2.15. The maximum absolute atomic E-state index is 6.23. The molecule has 1 unspecified atom stereocenters. The van der Waals surface area contributed by atoms with E-state index >= 15 is 0 Å². The third-order valence-electron chi connectivity index (χ3n) is 4.19. The number of aryl methyl sites for hydroxylation is 1. The maximum Gasteiger partial charge on any atom is 0.135 e. The van der Waals surface area contributed by atoms with Crippen LogP contribution in [0.1, 0.15) is 24.7 Å². The SMILES string of the molecule is CC(CCc1ccccc1)NCc1ccc(-c2cc(Cl)ccc2Cl)o1. The third-order valence-corrected chi connectivity index (χ3v) is 4.75. The largest absolute Gasteiger partial charge is 0.460 e. The topological polar surface area (TPSA) is 25.2 Å². The Morgan fingerprint density at radius 2 is 1.80 bits per heavy atom. The van der Waals surface area contributed by atoms with Crippen molar-refractivity contribution in [2.24, 2.45) is 0 Å². The van der Waals surface area contributed by atoms with E-state index in [1.165, 1.54) is 5.56 Å². The highest BCUT2D eigenvalue weighted by Crippen LogP contribution is 2.31. The zero-order chi connectivity index (χ0) is 17.6. The van der Waals surface area contributed by atoms with Crippen molar-refractivity contribution in [2.75, 3.05) is 0 Å². The maximum atomic E-state index is 6.23. The molecule has 0 aliphatic rings. The molecule has 25 heavy (non-hydrogen) atoms. The fourth-order valence-electron chi connectivity index (χ4n) is 2.71. The molecule has 1 aromatic heterocycles. The lowest BCUT2D eigenvalue weighted by Gasteiger charge is -2.12. The van der Waals surface area contributed by atoms with Gasteiger partial charge in [0.15, 0.2) is 0 Å². The van der Waals surface area contributed by atoms with Crippen LogP contribution in [0.2, 0.25) is 10.0 Å². The fourth-order valence-corrected chi connectivity index (χ4v) is 3.09. The summed E-state index contributed by atoms with van der Waals surface area (Å²) in [5.41, 5.74) is 2.18. The Morgan fingerprint density at radius 1 is 1.00 bits per heavy atom. The Kier molecular flexibility index (Phi) is 6.19. The van der Waals surface area contributed by atoms with E-state index in [2.05, 4.69) is 36.5 Å². The summed E-state index contributed by atoms with van der Waals surface area (Å²) in [6, 6.07) is 20.2. The summed E-state index contributed by atoms with van der Waals surface area (Å²) in [6.45, 7) is 2.88. The van der Waals surface area contributed by atoms with E-state index < -0.39 is 0 Å². The van der Waals surface area contributed by atoms with Gasteiger partial charge in [-0.1, -0.05) is 53.5 Å². The third kappa shape index (κ3) is 5.12. The summed E-state index contributed by atoms with van der Waals surface area (Å²) in [4.78, 5) is 0. The van der Waals surface area contributed by atoms with Crippen LogP contribution in [0.25, 0.3) is 11.3 Å². The van der Waals surface area contributed by atoms with Crippen LogP contribution in [0, 0.1) is 0 Å². The van der Waals surface area contributed by atoms with Gasteiger partial charge < -0.3 is 9.73 Å². The van der Waals surface area contributed by atoms with E-state index in [-0.39, 0.29) is 0 Å². The van der Waals surface area contributed by atoms with E-state index in [4.69, 9.17) is 27.6 Å². The van der Waals surface area contributed by atoms with Gasteiger partial charge in [0.2, 0.25) is 0 Å². The Labute approximate surface area is 158 Å². The second-order valence-electron chi connectivity index (χ2n) is 6.20. The van der Waals surface area contributed by atoms with E-state index in [1.807, 2.05) is 24.3 Å². The molecule has 3 rings (SSSR count). The van der Waals surface area contributed by atoms with Gasteiger partial charge in [0.25, 0.3) is 0 Å². The molecule has 1 heterocycles. The summed E-state index contributed by atoms with van der Waals surface area (Å²) in [5, 5.41) is 4.78. The molecule has 0 bridgehead atoms. The van der Waals surface area contributed by atoms with Crippen molar-refractivity contribution >= 4 is 23.2 Å². The molecule has 3 aromatic rings. The van der Waals surface area contributed by atoms with Crippen LogP contribution in [0.15, 0.2) is 65.1 Å². The average molecular weight is 374 g/mol. The zero-order valence-electron chi connectivity index (χ0n) is 14.1. The number of hydrogen-bond donors (Lipinski definition) is 1. The fraction of sp³-hybridized carbons (Fsp3) is 0.238. The van der Waals surface area contributed by atoms with Crippen LogP contribution in [-0.4, -0.2) is 6.04 Å². The number of furan rings is 1. The lowest BCUT2D eigenvalue weighted by molar-refractivity contribution is 0.449. The number of hydrogen-bond acceptors (Lipinski definition) is 2. The van der Waals surface area contributed by atoms with Crippen LogP contribution in [0.5, 0.6) is 0 Å². The molecule has 2 aromatic carbocycles. The van der Waals surface area contributed by atoms with Crippen LogP contribution in [-0.2, 0) is 13.0 Å². The second kappa shape index (κ2) is 8.57. The molecular weight excluding hydrogens is 353 g/mol. The van der Waals surface area contributed by atoms with Crippen molar-refractivity contribution in [3.8, 4) is 11.3 Å². The van der Waals surface area contributed by atoms with Gasteiger partial charge in [-0.3, -0.25) is 0 Å². The van der Waals surface area contributed by atoms with E-state index in [1.54, 1.807) is 12.1 Å². The summed E-state index contributed by atoms with van der Waals surface area (Å²) >= 11 is 12.3. The van der Waals surface area contributed by atoms with Gasteiger partial charge in [-0.2, -0.15) is 0 Å². The molecule has 0 radical (unpaired) electrons. The minimum atomic E-state index is 0.406. The first-order chi connectivity index (χ1) is 12.1. The predicted molar refractivity (Wildman–Crippen MR) is 105 cm³/mol. The van der Waals surface area contributed by atoms with Crippen molar-refractivity contribution in [1.82, 2.24) is 5.32 Å². The highest BCUT2D eigenvalue weighted by Gasteiger charge is 2.10. The Bertz CT molecular complexity index is 814. The lowest BCUT2D eigenvalue weighted by atomic mass is 10.1. The van der Waals surface area contributed by atoms with Gasteiger partial charge in [-0.25, -0.2) is 0 Å².